The maximum absolute atomic E-state index is 14.5. The van der Waals surface area contributed by atoms with Gasteiger partial charge in [0.1, 0.15) is 11.7 Å². The highest BCUT2D eigenvalue weighted by Crippen LogP contribution is 2.57. The van der Waals surface area contributed by atoms with Crippen molar-refractivity contribution in [1.82, 2.24) is 4.90 Å². The first kappa shape index (κ1) is 30.8. The van der Waals surface area contributed by atoms with Crippen LogP contribution < -0.4 is 22.1 Å². The quantitative estimate of drug-likeness (QED) is 0.323. The lowest BCUT2D eigenvalue weighted by atomic mass is 9.42. The second-order valence-electron chi connectivity index (χ2n) is 13.5. The Morgan fingerprint density at radius 1 is 1.09 bits per heavy atom. The lowest BCUT2D eigenvalue weighted by Crippen LogP contribution is -2.85. The van der Waals surface area contributed by atoms with Crippen LogP contribution in [-0.2, 0) is 32.0 Å². The summed E-state index contributed by atoms with van der Waals surface area (Å²) in [6.07, 6.45) is 5.43. The van der Waals surface area contributed by atoms with E-state index in [-0.39, 0.29) is 17.7 Å². The molecule has 3 fully saturated rings. The van der Waals surface area contributed by atoms with Gasteiger partial charge in [-0.05, 0) is 62.9 Å². The summed E-state index contributed by atoms with van der Waals surface area (Å²) in [6.45, 7) is 0. The Bertz CT molecular complexity index is 1490. The summed E-state index contributed by atoms with van der Waals surface area (Å²) in [5.41, 5.74) is 14.2. The van der Waals surface area contributed by atoms with Gasteiger partial charge in [-0.3, -0.25) is 28.9 Å². The predicted octanol–water partition coefficient (Wildman–Crippen LogP) is -0.00272. The molecule has 0 radical (unpaired) electrons. The summed E-state index contributed by atoms with van der Waals surface area (Å²) in [7, 11) is 6.55. The van der Waals surface area contributed by atoms with Crippen LogP contribution in [0, 0.1) is 34.5 Å². The van der Waals surface area contributed by atoms with Crippen LogP contribution in [0.1, 0.15) is 60.0 Å². The largest absolute Gasteiger partial charge is 0.507 e. The summed E-state index contributed by atoms with van der Waals surface area (Å²) >= 11 is 0. The molecule has 0 saturated heterocycles. The van der Waals surface area contributed by atoms with Gasteiger partial charge in [-0.2, -0.15) is 5.26 Å². The van der Waals surface area contributed by atoms with Crippen LogP contribution in [0.15, 0.2) is 6.07 Å². The zero-order valence-electron chi connectivity index (χ0n) is 25.1. The maximum Gasteiger partial charge on any atom is 0.235 e. The Hall–Kier alpha value is -3.66. The number of rotatable bonds is 6. The summed E-state index contributed by atoms with van der Waals surface area (Å²) in [5, 5.41) is 22.1. The minimum atomic E-state index is -2.75. The van der Waals surface area contributed by atoms with Gasteiger partial charge in [-0.15, -0.1) is 0 Å². The van der Waals surface area contributed by atoms with Crippen molar-refractivity contribution in [3.63, 3.8) is 0 Å². The Kier molecular flexibility index (Phi) is 7.31. The van der Waals surface area contributed by atoms with Crippen molar-refractivity contribution in [3.05, 3.63) is 22.8 Å². The molecule has 3 saturated carbocycles. The minimum absolute atomic E-state index is 0.0559. The van der Waals surface area contributed by atoms with Crippen LogP contribution in [0.2, 0.25) is 0 Å². The number of carbonyl (C=O) groups excluding carboxylic acids is 5. The molecular formula is C31H40N6O6. The van der Waals surface area contributed by atoms with Crippen molar-refractivity contribution in [2.75, 3.05) is 33.1 Å². The molecule has 230 valence electrons. The number of carbonyl (C=O) groups is 5. The van der Waals surface area contributed by atoms with Crippen molar-refractivity contribution in [3.8, 4) is 11.8 Å². The zero-order chi connectivity index (χ0) is 31.8. The summed E-state index contributed by atoms with van der Waals surface area (Å²) < 4.78 is 0. The third-order valence-electron chi connectivity index (χ3n) is 10.4. The summed E-state index contributed by atoms with van der Waals surface area (Å²) in [5.74, 6) is -9.07. The SMILES string of the molecule is CN(C)c1cc(CCC2CCCC2)c(O)c2c1C[C@@]1(N)C[C@@]3(N)[C@H](N(C)C)C(=O)C(C(N)=O)C(=O)[C@@]3(C#N)C(=O)C1C2=O. The lowest BCUT2D eigenvalue weighted by molar-refractivity contribution is -0.166. The maximum atomic E-state index is 14.5. The average Bonchev–Trinajstić information content (AvgIpc) is 3.40. The van der Waals surface area contributed by atoms with Gasteiger partial charge in [0.2, 0.25) is 5.91 Å². The van der Waals surface area contributed by atoms with E-state index in [1.165, 1.54) is 31.8 Å². The van der Waals surface area contributed by atoms with Crippen molar-refractivity contribution in [2.45, 2.75) is 68.5 Å². The van der Waals surface area contributed by atoms with Gasteiger partial charge >= 0.3 is 0 Å². The van der Waals surface area contributed by atoms with Gasteiger partial charge in [0, 0.05) is 25.3 Å². The molecule has 1 aromatic rings. The fraction of sp³-hybridized carbons (Fsp3) is 0.613. The average molecular weight is 593 g/mol. The number of nitrogens with zero attached hydrogens (tertiary/aromatic N) is 3. The van der Waals surface area contributed by atoms with Gasteiger partial charge in [0.15, 0.2) is 34.5 Å². The smallest absolute Gasteiger partial charge is 0.235 e. The molecule has 5 rings (SSSR count). The molecule has 0 bridgehead atoms. The molecular weight excluding hydrogens is 552 g/mol. The zero-order valence-corrected chi connectivity index (χ0v) is 25.1. The molecule has 0 aromatic heterocycles. The number of phenols is 1. The van der Waals surface area contributed by atoms with Crippen molar-refractivity contribution in [1.29, 1.82) is 5.26 Å². The first-order chi connectivity index (χ1) is 20.1. The number of hydrogen-bond donors (Lipinski definition) is 4. The number of ketones is 4. The second-order valence-corrected chi connectivity index (χ2v) is 13.5. The van der Waals surface area contributed by atoms with E-state index in [0.717, 1.165) is 19.3 Å². The highest BCUT2D eigenvalue weighted by Gasteiger charge is 2.78. The van der Waals surface area contributed by atoms with E-state index < -0.39 is 69.8 Å². The third kappa shape index (κ3) is 4.08. The van der Waals surface area contributed by atoms with Crippen LogP contribution in [0.5, 0.6) is 5.75 Å². The Morgan fingerprint density at radius 3 is 2.26 bits per heavy atom. The molecule has 6 atom stereocenters. The molecule has 1 aromatic carbocycles. The molecule has 4 aliphatic rings. The monoisotopic (exact) mass is 592 g/mol. The first-order valence-electron chi connectivity index (χ1n) is 14.7. The number of Topliss-reactive ketones (excluding diaryl/α,β-unsaturated/α-hetero) is 4. The van der Waals surface area contributed by atoms with Crippen molar-refractivity contribution >= 4 is 34.7 Å². The Balaban J connectivity index is 1.70. The lowest BCUT2D eigenvalue weighted by Gasteiger charge is -2.60. The fourth-order valence-electron chi connectivity index (χ4n) is 8.56. The van der Waals surface area contributed by atoms with Gasteiger partial charge in [-0.1, -0.05) is 25.7 Å². The number of fused-ring (bicyclic) bond motifs is 3. The van der Waals surface area contributed by atoms with Crippen molar-refractivity contribution < 1.29 is 29.1 Å². The fourth-order valence-corrected chi connectivity index (χ4v) is 8.56. The first-order valence-corrected chi connectivity index (χ1v) is 14.7. The summed E-state index contributed by atoms with van der Waals surface area (Å²) in [4.78, 5) is 71.9. The molecule has 0 heterocycles. The van der Waals surface area contributed by atoms with Crippen LogP contribution in [-0.4, -0.2) is 84.4 Å². The van der Waals surface area contributed by atoms with Crippen LogP contribution in [0.4, 0.5) is 5.69 Å². The molecule has 12 heteroatoms. The van der Waals surface area contributed by atoms with E-state index in [1.807, 2.05) is 11.0 Å². The number of benzene rings is 1. The van der Waals surface area contributed by atoms with Crippen molar-refractivity contribution in [2.24, 2.45) is 40.4 Å². The number of aromatic hydroxyl groups is 1. The normalized spacial score (nSPS) is 34.0. The number of primary amides is 1. The highest BCUT2D eigenvalue weighted by molar-refractivity contribution is 6.33. The van der Waals surface area contributed by atoms with Gasteiger partial charge in [0.05, 0.1) is 23.2 Å². The van der Waals surface area contributed by atoms with Gasteiger partial charge < -0.3 is 27.2 Å². The number of nitrogens with two attached hydrogens (primary N) is 3. The molecule has 43 heavy (non-hydrogen) atoms. The minimum Gasteiger partial charge on any atom is -0.507 e. The molecule has 2 unspecified atom stereocenters. The van der Waals surface area contributed by atoms with Crippen LogP contribution in [0.25, 0.3) is 0 Å². The topological polar surface area (TPSA) is 214 Å². The van der Waals surface area contributed by atoms with E-state index in [1.54, 1.807) is 20.2 Å². The molecule has 12 nitrogen and oxygen atoms in total. The van der Waals surface area contributed by atoms with Crippen LogP contribution in [0.3, 0.4) is 0 Å². The van der Waals surface area contributed by atoms with Gasteiger partial charge in [0.25, 0.3) is 0 Å². The Morgan fingerprint density at radius 2 is 1.72 bits per heavy atom. The van der Waals surface area contributed by atoms with E-state index in [4.69, 9.17) is 17.2 Å². The highest BCUT2D eigenvalue weighted by atomic mass is 16.3. The number of aryl methyl sites for hydroxylation is 1. The number of anilines is 1. The van der Waals surface area contributed by atoms with E-state index >= 15 is 0 Å². The van der Waals surface area contributed by atoms with Crippen LogP contribution >= 0.6 is 0 Å². The second kappa shape index (κ2) is 10.2. The number of hydrogen-bond acceptors (Lipinski definition) is 11. The Labute approximate surface area is 250 Å². The van der Waals surface area contributed by atoms with E-state index in [9.17, 15) is 34.3 Å². The van der Waals surface area contributed by atoms with E-state index in [2.05, 4.69) is 0 Å². The number of amides is 1. The molecule has 0 spiro atoms. The molecule has 4 aliphatic carbocycles. The molecule has 1 amide bonds. The molecule has 7 N–H and O–H groups in total. The summed E-state index contributed by atoms with van der Waals surface area (Å²) in [6, 6.07) is 2.15. The third-order valence-corrected chi connectivity index (χ3v) is 10.4. The number of likely N-dealkylation sites (N-methyl/N-ethyl adjacent to an activating group) is 1. The van der Waals surface area contributed by atoms with Gasteiger partial charge in [-0.25, -0.2) is 0 Å². The van der Waals surface area contributed by atoms with E-state index in [0.29, 0.717) is 29.2 Å². The predicted molar refractivity (Wildman–Crippen MR) is 156 cm³/mol. The standard InChI is InChI=1S/C31H40N6O6/c1-36(2)18-11-16(10-9-15-7-5-6-8-15)22(38)19-17(18)12-29(34)13-31(35)25(37(3)4)24(40)20(28(33)43)26(41)30(31,14-32)27(42)21(29)23(19)39/h11,15,20-21,25,38H,5-10,12-13,34-35H2,1-4H3,(H2,33,43)/t20?,21?,25-,29-,30+,31-/m1/s1. The number of nitriles is 1. The molecule has 0 aliphatic heterocycles. The number of phenolic OH excluding ortho intramolecular Hbond substituents is 1.